The molecule has 0 aromatic carbocycles. The van der Waals surface area contributed by atoms with Gasteiger partial charge in [0, 0.05) is 0 Å². The highest BCUT2D eigenvalue weighted by atomic mass is 16.6. The second kappa shape index (κ2) is 1.60. The van der Waals surface area contributed by atoms with Crippen LogP contribution in [0.1, 0.15) is 27.2 Å². The van der Waals surface area contributed by atoms with Gasteiger partial charge in [-0.2, -0.15) is 0 Å². The Balaban J connectivity index is 2.01. The Kier molecular flexibility index (Phi) is 0.978. The number of hydrogen-bond donors (Lipinski definition) is 1. The van der Waals surface area contributed by atoms with Gasteiger partial charge in [0.2, 0.25) is 0 Å². The number of aliphatic hydroxyl groups excluding tert-OH is 1. The highest BCUT2D eigenvalue weighted by molar-refractivity contribution is 5.24. The Morgan fingerprint density at radius 3 is 2.50 bits per heavy atom. The first-order valence-electron chi connectivity index (χ1n) is 4.84. The van der Waals surface area contributed by atoms with E-state index in [1.807, 2.05) is 0 Å². The number of aliphatic hydroxyl groups is 1. The monoisotopic (exact) mass is 168 g/mol. The summed E-state index contributed by atoms with van der Waals surface area (Å²) in [4.78, 5) is 0. The molecule has 2 heteroatoms. The number of hydrogen-bond acceptors (Lipinski definition) is 2. The number of rotatable bonds is 0. The zero-order valence-electron chi connectivity index (χ0n) is 7.87. The van der Waals surface area contributed by atoms with Crippen molar-refractivity contribution in [3.05, 3.63) is 0 Å². The van der Waals surface area contributed by atoms with Crippen LogP contribution >= 0.6 is 0 Å². The van der Waals surface area contributed by atoms with Gasteiger partial charge in [-0.05, 0) is 30.6 Å². The van der Waals surface area contributed by atoms with E-state index in [1.165, 1.54) is 6.42 Å². The Morgan fingerprint density at radius 2 is 2.00 bits per heavy atom. The van der Waals surface area contributed by atoms with Gasteiger partial charge in [-0.15, -0.1) is 0 Å². The second-order valence-corrected chi connectivity index (χ2v) is 5.43. The summed E-state index contributed by atoms with van der Waals surface area (Å²) in [5.74, 6) is 1.17. The zero-order valence-corrected chi connectivity index (χ0v) is 7.87. The van der Waals surface area contributed by atoms with Crippen molar-refractivity contribution in [3.63, 3.8) is 0 Å². The molecule has 4 aliphatic rings. The molecule has 1 heterocycles. The standard InChI is InChI=1S/C10H16O2/c1-9(2)5-4-6(9)10(3)8(12-10)7(5)11/h5-8,11H,4H2,1-3H3/t5-,6-,7-,8+,10-/m1/s1. The van der Waals surface area contributed by atoms with Crippen molar-refractivity contribution in [1.29, 1.82) is 0 Å². The van der Waals surface area contributed by atoms with E-state index in [2.05, 4.69) is 20.8 Å². The van der Waals surface area contributed by atoms with Crippen molar-refractivity contribution in [2.75, 3.05) is 0 Å². The van der Waals surface area contributed by atoms with Crippen molar-refractivity contribution < 1.29 is 9.84 Å². The SMILES string of the molecule is CC1(C)[C@@H]2C[C@H]1[C@@]1(C)O[C@H]1[C@@H]2O. The lowest BCUT2D eigenvalue weighted by Gasteiger charge is -2.59. The zero-order chi connectivity index (χ0) is 8.72. The first kappa shape index (κ1) is 7.34. The van der Waals surface area contributed by atoms with E-state index >= 15 is 0 Å². The Hall–Kier alpha value is -0.0800. The predicted octanol–water partition coefficient (Wildman–Crippen LogP) is 1.18. The van der Waals surface area contributed by atoms with Crippen LogP contribution in [-0.4, -0.2) is 22.9 Å². The summed E-state index contributed by atoms with van der Waals surface area (Å²) in [6.07, 6.45) is 1.13. The van der Waals surface area contributed by atoms with E-state index < -0.39 is 0 Å². The largest absolute Gasteiger partial charge is 0.390 e. The lowest BCUT2D eigenvalue weighted by molar-refractivity contribution is -0.139. The normalized spacial score (nSPS) is 65.0. The second-order valence-electron chi connectivity index (χ2n) is 5.43. The van der Waals surface area contributed by atoms with Crippen LogP contribution in [0.2, 0.25) is 0 Å². The van der Waals surface area contributed by atoms with Crippen LogP contribution < -0.4 is 0 Å². The molecule has 4 fully saturated rings. The van der Waals surface area contributed by atoms with Crippen LogP contribution in [0.15, 0.2) is 0 Å². The third-order valence-corrected chi connectivity index (χ3v) is 4.65. The summed E-state index contributed by atoms with van der Waals surface area (Å²) in [7, 11) is 0. The smallest absolute Gasteiger partial charge is 0.113 e. The van der Waals surface area contributed by atoms with E-state index in [1.54, 1.807) is 0 Å². The lowest BCUT2D eigenvalue weighted by atomic mass is 9.45. The molecule has 68 valence electrons. The fourth-order valence-corrected chi connectivity index (χ4v) is 3.65. The summed E-state index contributed by atoms with van der Waals surface area (Å²) in [5.41, 5.74) is 0.332. The van der Waals surface area contributed by atoms with Crippen molar-refractivity contribution in [2.24, 2.45) is 17.3 Å². The molecule has 3 saturated carbocycles. The molecule has 0 amide bonds. The van der Waals surface area contributed by atoms with Gasteiger partial charge in [0.1, 0.15) is 6.10 Å². The molecule has 0 aromatic rings. The predicted molar refractivity (Wildman–Crippen MR) is 44.7 cm³/mol. The molecular formula is C10H16O2. The van der Waals surface area contributed by atoms with E-state index in [0.717, 1.165) is 0 Å². The van der Waals surface area contributed by atoms with Crippen molar-refractivity contribution in [3.8, 4) is 0 Å². The maximum atomic E-state index is 9.90. The Labute approximate surface area is 72.9 Å². The summed E-state index contributed by atoms with van der Waals surface area (Å²) in [6.45, 7) is 6.68. The van der Waals surface area contributed by atoms with Gasteiger partial charge in [-0.1, -0.05) is 13.8 Å². The molecule has 1 aliphatic heterocycles. The van der Waals surface area contributed by atoms with Crippen LogP contribution in [0.4, 0.5) is 0 Å². The molecule has 4 rings (SSSR count). The van der Waals surface area contributed by atoms with Crippen LogP contribution in [0, 0.1) is 17.3 Å². The van der Waals surface area contributed by atoms with Gasteiger partial charge < -0.3 is 9.84 Å². The molecule has 0 unspecified atom stereocenters. The van der Waals surface area contributed by atoms with Crippen molar-refractivity contribution in [2.45, 2.75) is 45.0 Å². The molecule has 5 atom stereocenters. The van der Waals surface area contributed by atoms with E-state index in [0.29, 0.717) is 17.3 Å². The van der Waals surface area contributed by atoms with Gasteiger partial charge in [-0.3, -0.25) is 0 Å². The van der Waals surface area contributed by atoms with E-state index in [-0.39, 0.29) is 17.8 Å². The highest BCUT2D eigenvalue weighted by Crippen LogP contribution is 2.70. The topological polar surface area (TPSA) is 32.8 Å². The molecule has 2 nitrogen and oxygen atoms in total. The van der Waals surface area contributed by atoms with Crippen molar-refractivity contribution in [1.82, 2.24) is 0 Å². The average Bonchev–Trinajstić information content (AvgIpc) is 2.61. The summed E-state index contributed by atoms with van der Waals surface area (Å²) in [6, 6.07) is 0. The number of epoxide rings is 1. The minimum Gasteiger partial charge on any atom is -0.390 e. The summed E-state index contributed by atoms with van der Waals surface area (Å²) in [5, 5.41) is 9.90. The summed E-state index contributed by atoms with van der Waals surface area (Å²) < 4.78 is 5.62. The van der Waals surface area contributed by atoms with Gasteiger partial charge in [-0.25, -0.2) is 0 Å². The van der Waals surface area contributed by atoms with E-state index in [4.69, 9.17) is 4.74 Å². The Morgan fingerprint density at radius 1 is 1.33 bits per heavy atom. The van der Waals surface area contributed by atoms with Crippen molar-refractivity contribution >= 4 is 0 Å². The number of ether oxygens (including phenoxy) is 1. The first-order valence-corrected chi connectivity index (χ1v) is 4.84. The molecule has 12 heavy (non-hydrogen) atoms. The fraction of sp³-hybridized carbons (Fsp3) is 1.00. The minimum atomic E-state index is -0.199. The molecule has 1 N–H and O–H groups in total. The van der Waals surface area contributed by atoms with Crippen LogP contribution in [0.5, 0.6) is 0 Å². The fourth-order valence-electron chi connectivity index (χ4n) is 3.65. The molecule has 3 aliphatic carbocycles. The maximum absolute atomic E-state index is 9.90. The van der Waals surface area contributed by atoms with Gasteiger partial charge in [0.05, 0.1) is 11.7 Å². The van der Waals surface area contributed by atoms with Crippen LogP contribution in [0.3, 0.4) is 0 Å². The van der Waals surface area contributed by atoms with Crippen LogP contribution in [-0.2, 0) is 4.74 Å². The minimum absolute atomic E-state index is 0.0255. The Bertz CT molecular complexity index is 243. The maximum Gasteiger partial charge on any atom is 0.113 e. The average molecular weight is 168 g/mol. The van der Waals surface area contributed by atoms with E-state index in [9.17, 15) is 5.11 Å². The molecule has 2 bridgehead atoms. The third kappa shape index (κ3) is 0.521. The lowest BCUT2D eigenvalue weighted by Crippen LogP contribution is -2.62. The highest BCUT2D eigenvalue weighted by Gasteiger charge is 2.76. The molecular weight excluding hydrogens is 152 g/mol. The molecule has 0 aromatic heterocycles. The third-order valence-electron chi connectivity index (χ3n) is 4.65. The molecule has 0 radical (unpaired) electrons. The van der Waals surface area contributed by atoms with Crippen LogP contribution in [0.25, 0.3) is 0 Å². The quantitative estimate of drug-likeness (QED) is 0.551. The first-order chi connectivity index (χ1) is 5.48. The van der Waals surface area contributed by atoms with Gasteiger partial charge >= 0.3 is 0 Å². The molecule has 1 saturated heterocycles. The van der Waals surface area contributed by atoms with Gasteiger partial charge in [0.15, 0.2) is 0 Å². The summed E-state index contributed by atoms with van der Waals surface area (Å²) >= 11 is 0. The van der Waals surface area contributed by atoms with Gasteiger partial charge in [0.25, 0.3) is 0 Å². The molecule has 0 spiro atoms.